The zero-order valence-electron chi connectivity index (χ0n) is 10.2. The van der Waals surface area contributed by atoms with Crippen molar-refractivity contribution in [2.24, 2.45) is 5.92 Å². The van der Waals surface area contributed by atoms with Crippen LogP contribution in [0.1, 0.15) is 44.8 Å². The number of imidazole rings is 1. The Balaban J connectivity index is 1.90. The molecule has 0 bridgehead atoms. The normalized spacial score (nSPS) is 32.6. The molecule has 2 unspecified atom stereocenters. The van der Waals surface area contributed by atoms with E-state index in [-0.39, 0.29) is 0 Å². The molecule has 1 saturated heterocycles. The van der Waals surface area contributed by atoms with Crippen LogP contribution in [0.4, 0.5) is 0 Å². The summed E-state index contributed by atoms with van der Waals surface area (Å²) in [6.45, 7) is 7.01. The minimum absolute atomic E-state index is 0.337. The van der Waals surface area contributed by atoms with Crippen molar-refractivity contribution in [3.05, 3.63) is 18.2 Å². The number of piperidine rings is 1. The van der Waals surface area contributed by atoms with E-state index in [9.17, 15) is 0 Å². The van der Waals surface area contributed by atoms with Crippen LogP contribution in [0.25, 0.3) is 0 Å². The average Bonchev–Trinajstić information content (AvgIpc) is 2.82. The summed E-state index contributed by atoms with van der Waals surface area (Å²) in [6.07, 6.45) is 7.93. The molecule has 2 atom stereocenters. The van der Waals surface area contributed by atoms with Crippen molar-refractivity contribution in [2.45, 2.75) is 44.6 Å². The Kier molecular flexibility index (Phi) is 2.32. The standard InChI is InChI=1S/C13H21N3/c1-10-7-11(10)16-9-15-8-12(16)13(2)3-5-14-6-4-13/h8-11,14H,3-7H2,1-2H3. The van der Waals surface area contributed by atoms with E-state index >= 15 is 0 Å². The maximum Gasteiger partial charge on any atom is 0.0951 e. The molecule has 1 aromatic heterocycles. The number of nitrogens with zero attached hydrogens (tertiary/aromatic N) is 2. The van der Waals surface area contributed by atoms with Crippen LogP contribution in [0.15, 0.2) is 12.5 Å². The van der Waals surface area contributed by atoms with Crippen LogP contribution >= 0.6 is 0 Å². The van der Waals surface area contributed by atoms with Crippen LogP contribution in [0.2, 0.25) is 0 Å². The van der Waals surface area contributed by atoms with Gasteiger partial charge < -0.3 is 9.88 Å². The zero-order valence-corrected chi connectivity index (χ0v) is 10.2. The van der Waals surface area contributed by atoms with Crippen LogP contribution in [-0.2, 0) is 5.41 Å². The quantitative estimate of drug-likeness (QED) is 0.825. The average molecular weight is 219 g/mol. The predicted molar refractivity (Wildman–Crippen MR) is 64.5 cm³/mol. The number of hydrogen-bond donors (Lipinski definition) is 1. The lowest BCUT2D eigenvalue weighted by atomic mass is 9.78. The highest BCUT2D eigenvalue weighted by Gasteiger charge is 2.39. The fourth-order valence-corrected chi connectivity index (χ4v) is 2.96. The van der Waals surface area contributed by atoms with Gasteiger partial charge in [-0.05, 0) is 38.3 Å². The van der Waals surface area contributed by atoms with E-state index < -0.39 is 0 Å². The zero-order chi connectivity index (χ0) is 11.2. The van der Waals surface area contributed by atoms with E-state index in [0.717, 1.165) is 25.0 Å². The molecule has 1 aliphatic heterocycles. The highest BCUT2D eigenvalue weighted by Crippen LogP contribution is 2.45. The van der Waals surface area contributed by atoms with Gasteiger partial charge >= 0.3 is 0 Å². The van der Waals surface area contributed by atoms with Gasteiger partial charge in [-0.2, -0.15) is 0 Å². The number of hydrogen-bond acceptors (Lipinski definition) is 2. The summed E-state index contributed by atoms with van der Waals surface area (Å²) >= 11 is 0. The van der Waals surface area contributed by atoms with E-state index in [1.165, 1.54) is 25.0 Å². The van der Waals surface area contributed by atoms with Crippen LogP contribution < -0.4 is 5.32 Å². The summed E-state index contributed by atoms with van der Waals surface area (Å²) in [4.78, 5) is 4.38. The molecule has 3 heteroatoms. The predicted octanol–water partition coefficient (Wildman–Crippen LogP) is 2.11. The molecule has 1 N–H and O–H groups in total. The second-order valence-corrected chi connectivity index (χ2v) is 5.78. The third-order valence-corrected chi connectivity index (χ3v) is 4.42. The molecule has 16 heavy (non-hydrogen) atoms. The molecule has 1 aliphatic carbocycles. The molecule has 2 aliphatic rings. The fraction of sp³-hybridized carbons (Fsp3) is 0.769. The Bertz CT molecular complexity index is 376. The van der Waals surface area contributed by atoms with Crippen molar-refractivity contribution in [2.75, 3.05) is 13.1 Å². The first-order valence-electron chi connectivity index (χ1n) is 6.44. The van der Waals surface area contributed by atoms with Crippen molar-refractivity contribution in [3.8, 4) is 0 Å². The Morgan fingerprint density at radius 2 is 2.12 bits per heavy atom. The Hall–Kier alpha value is -0.830. The van der Waals surface area contributed by atoms with Crippen molar-refractivity contribution >= 4 is 0 Å². The van der Waals surface area contributed by atoms with Crippen LogP contribution in [0.3, 0.4) is 0 Å². The lowest BCUT2D eigenvalue weighted by Gasteiger charge is -2.34. The van der Waals surface area contributed by atoms with E-state index in [1.54, 1.807) is 0 Å². The van der Waals surface area contributed by atoms with Gasteiger partial charge in [0.2, 0.25) is 0 Å². The van der Waals surface area contributed by atoms with Crippen LogP contribution in [-0.4, -0.2) is 22.6 Å². The summed E-state index contributed by atoms with van der Waals surface area (Å²) in [5.41, 5.74) is 1.80. The highest BCUT2D eigenvalue weighted by molar-refractivity contribution is 5.18. The van der Waals surface area contributed by atoms with Gasteiger partial charge in [0.25, 0.3) is 0 Å². The number of rotatable bonds is 2. The van der Waals surface area contributed by atoms with Gasteiger partial charge in [0.05, 0.1) is 6.33 Å². The fourth-order valence-electron chi connectivity index (χ4n) is 2.96. The molecule has 0 aromatic carbocycles. The minimum atomic E-state index is 0.337. The molecule has 3 nitrogen and oxygen atoms in total. The second-order valence-electron chi connectivity index (χ2n) is 5.78. The summed E-state index contributed by atoms with van der Waals surface area (Å²) < 4.78 is 2.44. The van der Waals surface area contributed by atoms with Crippen molar-refractivity contribution < 1.29 is 0 Å². The van der Waals surface area contributed by atoms with Gasteiger partial charge in [-0.1, -0.05) is 13.8 Å². The molecular weight excluding hydrogens is 198 g/mol. The van der Waals surface area contributed by atoms with E-state index in [2.05, 4.69) is 34.9 Å². The van der Waals surface area contributed by atoms with Gasteiger partial charge in [-0.25, -0.2) is 4.98 Å². The maximum absolute atomic E-state index is 4.38. The summed E-state index contributed by atoms with van der Waals surface area (Å²) in [6, 6.07) is 0.726. The first-order chi connectivity index (χ1) is 7.71. The van der Waals surface area contributed by atoms with E-state index in [4.69, 9.17) is 0 Å². The third-order valence-electron chi connectivity index (χ3n) is 4.42. The van der Waals surface area contributed by atoms with Crippen LogP contribution in [0.5, 0.6) is 0 Å². The maximum atomic E-state index is 4.38. The van der Waals surface area contributed by atoms with Crippen molar-refractivity contribution in [3.63, 3.8) is 0 Å². The molecule has 0 radical (unpaired) electrons. The Morgan fingerprint density at radius 3 is 2.75 bits per heavy atom. The smallest absolute Gasteiger partial charge is 0.0951 e. The molecule has 88 valence electrons. The molecule has 2 heterocycles. The van der Waals surface area contributed by atoms with Crippen LogP contribution in [0, 0.1) is 5.92 Å². The van der Waals surface area contributed by atoms with E-state index in [0.29, 0.717) is 5.41 Å². The molecule has 1 aromatic rings. The number of nitrogens with one attached hydrogen (secondary N) is 1. The largest absolute Gasteiger partial charge is 0.331 e. The molecule has 2 fully saturated rings. The second kappa shape index (κ2) is 3.59. The monoisotopic (exact) mass is 219 g/mol. The van der Waals surface area contributed by atoms with Gasteiger partial charge in [0.15, 0.2) is 0 Å². The first-order valence-corrected chi connectivity index (χ1v) is 6.44. The molecular formula is C13H21N3. The van der Waals surface area contributed by atoms with Crippen molar-refractivity contribution in [1.82, 2.24) is 14.9 Å². The summed E-state index contributed by atoms with van der Waals surface area (Å²) in [5, 5.41) is 3.45. The molecule has 3 rings (SSSR count). The lowest BCUT2D eigenvalue weighted by Crippen LogP contribution is -2.38. The lowest BCUT2D eigenvalue weighted by molar-refractivity contribution is 0.316. The molecule has 0 amide bonds. The SMILES string of the molecule is CC1CC1n1cncc1C1(C)CCNCC1. The van der Waals surface area contributed by atoms with Gasteiger partial charge in [-0.15, -0.1) is 0 Å². The Labute approximate surface area is 97.3 Å². The summed E-state index contributed by atoms with van der Waals surface area (Å²) in [5.74, 6) is 0.846. The Morgan fingerprint density at radius 1 is 1.44 bits per heavy atom. The van der Waals surface area contributed by atoms with Gasteiger partial charge in [-0.3, -0.25) is 0 Å². The molecule has 0 spiro atoms. The van der Waals surface area contributed by atoms with Gasteiger partial charge in [0, 0.05) is 23.3 Å². The van der Waals surface area contributed by atoms with Crippen molar-refractivity contribution in [1.29, 1.82) is 0 Å². The number of aromatic nitrogens is 2. The minimum Gasteiger partial charge on any atom is -0.331 e. The molecule has 1 saturated carbocycles. The summed E-state index contributed by atoms with van der Waals surface area (Å²) in [7, 11) is 0. The third kappa shape index (κ3) is 1.58. The highest BCUT2D eigenvalue weighted by atomic mass is 15.1. The van der Waals surface area contributed by atoms with Gasteiger partial charge in [0.1, 0.15) is 0 Å². The topological polar surface area (TPSA) is 29.9 Å². The van der Waals surface area contributed by atoms with E-state index in [1.807, 2.05) is 6.33 Å². The first kappa shape index (κ1) is 10.3.